The van der Waals surface area contributed by atoms with Crippen molar-refractivity contribution in [3.63, 3.8) is 0 Å². The molecule has 0 aliphatic carbocycles. The van der Waals surface area contributed by atoms with E-state index < -0.39 is 0 Å². The summed E-state index contributed by atoms with van der Waals surface area (Å²) < 4.78 is 6.90. The first-order chi connectivity index (χ1) is 12.5. The van der Waals surface area contributed by atoms with E-state index in [0.717, 1.165) is 23.6 Å². The molecule has 0 aliphatic rings. The van der Waals surface area contributed by atoms with Gasteiger partial charge in [-0.15, -0.1) is 11.8 Å². The van der Waals surface area contributed by atoms with Crippen LogP contribution in [0.5, 0.6) is 0 Å². The number of aromatic nitrogens is 1. The molecule has 0 atom stereocenters. The van der Waals surface area contributed by atoms with Gasteiger partial charge in [0, 0.05) is 22.8 Å². The smallest absolute Gasteiger partial charge is 0.339 e. The summed E-state index contributed by atoms with van der Waals surface area (Å²) in [7, 11) is 0. The van der Waals surface area contributed by atoms with E-state index in [9.17, 15) is 9.59 Å². The van der Waals surface area contributed by atoms with Crippen LogP contribution in [0, 0.1) is 13.8 Å². The molecule has 140 valence electrons. The van der Waals surface area contributed by atoms with Gasteiger partial charge in [-0.25, -0.2) is 4.79 Å². The summed E-state index contributed by atoms with van der Waals surface area (Å²) in [5.41, 5.74) is 2.16. The second kappa shape index (κ2) is 10.1. The molecule has 0 radical (unpaired) electrons. The molecule has 6 heteroatoms. The molecule has 0 saturated heterocycles. The molecule has 0 fully saturated rings. The standard InChI is InChI=1S/C20H26N2O3S/c1-4-25-20(24)18-13-15(2)22(16(18)3)14-19(23)21-11-8-12-26-17-9-6-5-7-10-17/h5-7,9-10,13H,4,8,11-12,14H2,1-3H3,(H,21,23). The Morgan fingerprint density at radius 1 is 1.19 bits per heavy atom. The zero-order chi connectivity index (χ0) is 18.9. The number of hydrogen-bond donors (Lipinski definition) is 1. The van der Waals surface area contributed by atoms with Crippen LogP contribution in [0.1, 0.15) is 35.1 Å². The Bertz CT molecular complexity index is 741. The summed E-state index contributed by atoms with van der Waals surface area (Å²) in [5.74, 6) is 0.566. The summed E-state index contributed by atoms with van der Waals surface area (Å²) in [5, 5.41) is 2.95. The topological polar surface area (TPSA) is 60.3 Å². The largest absolute Gasteiger partial charge is 0.462 e. The molecule has 0 bridgehead atoms. The van der Waals surface area contributed by atoms with E-state index in [1.54, 1.807) is 24.8 Å². The van der Waals surface area contributed by atoms with Crippen LogP contribution in [-0.2, 0) is 16.1 Å². The van der Waals surface area contributed by atoms with Gasteiger partial charge in [-0.1, -0.05) is 18.2 Å². The lowest BCUT2D eigenvalue weighted by Crippen LogP contribution is -2.29. The Hall–Kier alpha value is -2.21. The van der Waals surface area contributed by atoms with Gasteiger partial charge in [0.1, 0.15) is 6.54 Å². The van der Waals surface area contributed by atoms with Crippen LogP contribution in [0.2, 0.25) is 0 Å². The maximum atomic E-state index is 12.2. The van der Waals surface area contributed by atoms with Crippen LogP contribution in [0.3, 0.4) is 0 Å². The van der Waals surface area contributed by atoms with E-state index in [-0.39, 0.29) is 18.4 Å². The molecule has 26 heavy (non-hydrogen) atoms. The van der Waals surface area contributed by atoms with Gasteiger partial charge in [-0.3, -0.25) is 4.79 Å². The van der Waals surface area contributed by atoms with Crippen LogP contribution in [0.25, 0.3) is 0 Å². The third-order valence-electron chi connectivity index (χ3n) is 4.03. The number of ether oxygens (including phenoxy) is 1. The lowest BCUT2D eigenvalue weighted by Gasteiger charge is -2.10. The summed E-state index contributed by atoms with van der Waals surface area (Å²) >= 11 is 1.78. The molecule has 1 aromatic carbocycles. The van der Waals surface area contributed by atoms with E-state index >= 15 is 0 Å². The number of carbonyl (C=O) groups is 2. The number of esters is 1. The average molecular weight is 375 g/mol. The fourth-order valence-electron chi connectivity index (χ4n) is 2.67. The SMILES string of the molecule is CCOC(=O)c1cc(C)n(CC(=O)NCCCSc2ccccc2)c1C. The first kappa shape index (κ1) is 20.1. The number of nitrogens with one attached hydrogen (secondary N) is 1. The van der Waals surface area contributed by atoms with Crippen molar-refractivity contribution < 1.29 is 14.3 Å². The third-order valence-corrected chi connectivity index (χ3v) is 5.12. The number of rotatable bonds is 9. The molecule has 1 N–H and O–H groups in total. The minimum absolute atomic E-state index is 0.0491. The lowest BCUT2D eigenvalue weighted by atomic mass is 10.2. The van der Waals surface area contributed by atoms with Crippen molar-refractivity contribution in [2.45, 2.75) is 38.6 Å². The number of thioether (sulfide) groups is 1. The summed E-state index contributed by atoms with van der Waals surface area (Å²) in [6, 6.07) is 12.0. The van der Waals surface area contributed by atoms with E-state index in [2.05, 4.69) is 17.4 Å². The third kappa shape index (κ3) is 5.66. The molecular weight excluding hydrogens is 348 g/mol. The molecule has 1 heterocycles. The van der Waals surface area contributed by atoms with Gasteiger partial charge in [-0.05, 0) is 51.1 Å². The molecule has 0 saturated carbocycles. The molecule has 2 aromatic rings. The monoisotopic (exact) mass is 374 g/mol. The van der Waals surface area contributed by atoms with Gasteiger partial charge >= 0.3 is 5.97 Å². The van der Waals surface area contributed by atoms with Crippen molar-refractivity contribution in [3.8, 4) is 0 Å². The number of aryl methyl sites for hydroxylation is 1. The Balaban J connectivity index is 1.78. The molecule has 0 spiro atoms. The normalized spacial score (nSPS) is 10.6. The number of carbonyl (C=O) groups excluding carboxylic acids is 2. The zero-order valence-corrected chi connectivity index (χ0v) is 16.4. The van der Waals surface area contributed by atoms with Crippen LogP contribution in [-0.4, -0.2) is 35.3 Å². The summed E-state index contributed by atoms with van der Waals surface area (Å²) in [4.78, 5) is 25.4. The van der Waals surface area contributed by atoms with Crippen molar-refractivity contribution in [2.24, 2.45) is 0 Å². The zero-order valence-electron chi connectivity index (χ0n) is 15.6. The number of amides is 1. The Kier molecular flexibility index (Phi) is 7.78. The summed E-state index contributed by atoms with van der Waals surface area (Å²) in [6.07, 6.45) is 0.906. The number of hydrogen-bond acceptors (Lipinski definition) is 4. The molecule has 2 rings (SSSR count). The second-order valence-electron chi connectivity index (χ2n) is 5.96. The van der Waals surface area contributed by atoms with Crippen molar-refractivity contribution in [3.05, 3.63) is 53.3 Å². The molecule has 1 amide bonds. The predicted molar refractivity (Wildman–Crippen MR) is 105 cm³/mol. The highest BCUT2D eigenvalue weighted by Crippen LogP contribution is 2.18. The Morgan fingerprint density at radius 2 is 1.92 bits per heavy atom. The quantitative estimate of drug-likeness (QED) is 0.414. The molecule has 5 nitrogen and oxygen atoms in total. The van der Waals surface area contributed by atoms with Crippen molar-refractivity contribution in [2.75, 3.05) is 18.9 Å². The fourth-order valence-corrected chi connectivity index (χ4v) is 3.54. The van der Waals surface area contributed by atoms with E-state index in [4.69, 9.17) is 4.74 Å². The van der Waals surface area contributed by atoms with Crippen LogP contribution in [0.15, 0.2) is 41.3 Å². The van der Waals surface area contributed by atoms with Crippen molar-refractivity contribution >= 4 is 23.6 Å². The maximum absolute atomic E-state index is 12.2. The van der Waals surface area contributed by atoms with Gasteiger partial charge in [0.2, 0.25) is 5.91 Å². The van der Waals surface area contributed by atoms with E-state index in [1.165, 1.54) is 4.90 Å². The predicted octanol–water partition coefficient (Wildman–Crippen LogP) is 3.58. The molecule has 0 unspecified atom stereocenters. The second-order valence-corrected chi connectivity index (χ2v) is 7.12. The highest BCUT2D eigenvalue weighted by Gasteiger charge is 2.17. The van der Waals surface area contributed by atoms with E-state index in [0.29, 0.717) is 18.7 Å². The van der Waals surface area contributed by atoms with E-state index in [1.807, 2.05) is 36.6 Å². The summed E-state index contributed by atoms with van der Waals surface area (Å²) in [6.45, 7) is 6.69. The minimum Gasteiger partial charge on any atom is -0.462 e. The fraction of sp³-hybridized carbons (Fsp3) is 0.400. The number of nitrogens with zero attached hydrogens (tertiary/aromatic N) is 1. The van der Waals surface area contributed by atoms with Gasteiger partial charge in [0.25, 0.3) is 0 Å². The molecule has 0 aliphatic heterocycles. The highest BCUT2D eigenvalue weighted by atomic mass is 32.2. The van der Waals surface area contributed by atoms with Gasteiger partial charge in [0.15, 0.2) is 0 Å². The van der Waals surface area contributed by atoms with Gasteiger partial charge < -0.3 is 14.6 Å². The Morgan fingerprint density at radius 3 is 2.62 bits per heavy atom. The Labute approximate surface area is 159 Å². The first-order valence-corrected chi connectivity index (χ1v) is 9.80. The van der Waals surface area contributed by atoms with Crippen LogP contribution < -0.4 is 5.32 Å². The van der Waals surface area contributed by atoms with Gasteiger partial charge in [-0.2, -0.15) is 0 Å². The van der Waals surface area contributed by atoms with Gasteiger partial charge in [0.05, 0.1) is 12.2 Å². The number of benzene rings is 1. The average Bonchev–Trinajstić information content (AvgIpc) is 2.91. The first-order valence-electron chi connectivity index (χ1n) is 8.81. The van der Waals surface area contributed by atoms with Crippen LogP contribution >= 0.6 is 11.8 Å². The van der Waals surface area contributed by atoms with Crippen LogP contribution in [0.4, 0.5) is 0 Å². The molecular formula is C20H26N2O3S. The van der Waals surface area contributed by atoms with Crippen molar-refractivity contribution in [1.29, 1.82) is 0 Å². The highest BCUT2D eigenvalue weighted by molar-refractivity contribution is 7.99. The lowest BCUT2D eigenvalue weighted by molar-refractivity contribution is -0.121. The molecule has 1 aromatic heterocycles. The van der Waals surface area contributed by atoms with Crippen molar-refractivity contribution in [1.82, 2.24) is 9.88 Å². The maximum Gasteiger partial charge on any atom is 0.339 e. The minimum atomic E-state index is -0.342.